The zero-order chi connectivity index (χ0) is 29.4. The van der Waals surface area contributed by atoms with Crippen molar-refractivity contribution in [2.45, 2.75) is 59.5 Å². The summed E-state index contributed by atoms with van der Waals surface area (Å²) in [7, 11) is 1.55. The maximum absolute atomic E-state index is 12.8. The normalized spacial score (nSPS) is 13.0. The lowest BCUT2D eigenvalue weighted by molar-refractivity contribution is -0.136. The summed E-state index contributed by atoms with van der Waals surface area (Å²) in [4.78, 5) is 39.2. The molecule has 10 heteroatoms. The van der Waals surface area contributed by atoms with Gasteiger partial charge in [-0.2, -0.15) is 5.10 Å². The van der Waals surface area contributed by atoms with Gasteiger partial charge in [-0.15, -0.1) is 11.3 Å². The quantitative estimate of drug-likeness (QED) is 0.113. The SMILES string of the molecule is CCOC(=O)c1c(NC(=O)C(=O)N/N=C(\C)c2ccc(OCc3ccc(C)cc3)c(OC)c2)sc2c1CCCCC2. The first-order valence-corrected chi connectivity index (χ1v) is 14.5. The minimum atomic E-state index is -0.951. The van der Waals surface area contributed by atoms with Crippen LogP contribution in [0.4, 0.5) is 5.00 Å². The molecule has 0 spiro atoms. The molecule has 1 aliphatic carbocycles. The largest absolute Gasteiger partial charge is 0.493 e. The Morgan fingerprint density at radius 2 is 1.73 bits per heavy atom. The highest BCUT2D eigenvalue weighted by molar-refractivity contribution is 7.17. The van der Waals surface area contributed by atoms with Crippen LogP contribution in [0.3, 0.4) is 0 Å². The number of amides is 2. The predicted molar refractivity (Wildman–Crippen MR) is 159 cm³/mol. The Balaban J connectivity index is 1.42. The molecule has 9 nitrogen and oxygen atoms in total. The van der Waals surface area contributed by atoms with E-state index in [1.807, 2.05) is 31.2 Å². The van der Waals surface area contributed by atoms with Gasteiger partial charge in [0.05, 0.1) is 25.0 Å². The number of hydrogen-bond acceptors (Lipinski definition) is 8. The van der Waals surface area contributed by atoms with Gasteiger partial charge < -0.3 is 19.5 Å². The van der Waals surface area contributed by atoms with Crippen LogP contribution in [-0.4, -0.2) is 37.2 Å². The fourth-order valence-corrected chi connectivity index (χ4v) is 5.79. The second-order valence-electron chi connectivity index (χ2n) is 9.72. The van der Waals surface area contributed by atoms with E-state index in [2.05, 4.69) is 15.8 Å². The summed E-state index contributed by atoms with van der Waals surface area (Å²) in [6, 6.07) is 13.4. The molecule has 216 valence electrons. The molecule has 0 fully saturated rings. The number of benzene rings is 2. The van der Waals surface area contributed by atoms with Crippen LogP contribution in [0.1, 0.15) is 70.6 Å². The van der Waals surface area contributed by atoms with Crippen molar-refractivity contribution in [1.82, 2.24) is 5.43 Å². The Kier molecular flexibility index (Phi) is 10.1. The molecule has 0 atom stereocenters. The van der Waals surface area contributed by atoms with Crippen molar-refractivity contribution in [3.63, 3.8) is 0 Å². The summed E-state index contributed by atoms with van der Waals surface area (Å²) in [5, 5.41) is 7.04. The summed E-state index contributed by atoms with van der Waals surface area (Å²) in [6.07, 6.45) is 4.63. The summed E-state index contributed by atoms with van der Waals surface area (Å²) in [5.74, 6) is -1.28. The molecule has 0 bridgehead atoms. The number of nitrogens with zero attached hydrogens (tertiary/aromatic N) is 1. The van der Waals surface area contributed by atoms with Gasteiger partial charge in [0.1, 0.15) is 11.6 Å². The van der Waals surface area contributed by atoms with Crippen molar-refractivity contribution in [1.29, 1.82) is 0 Å². The van der Waals surface area contributed by atoms with Crippen LogP contribution < -0.4 is 20.2 Å². The lowest BCUT2D eigenvalue weighted by Gasteiger charge is -2.12. The number of carbonyl (C=O) groups excluding carboxylic acids is 3. The molecular formula is C31H35N3O6S. The molecule has 0 unspecified atom stereocenters. The van der Waals surface area contributed by atoms with E-state index in [0.29, 0.717) is 39.9 Å². The van der Waals surface area contributed by atoms with E-state index >= 15 is 0 Å². The average Bonchev–Trinajstić information content (AvgIpc) is 3.15. The Labute approximate surface area is 243 Å². The van der Waals surface area contributed by atoms with Crippen molar-refractivity contribution >= 4 is 39.8 Å². The lowest BCUT2D eigenvalue weighted by atomic mass is 10.1. The van der Waals surface area contributed by atoms with E-state index in [4.69, 9.17) is 14.2 Å². The molecule has 2 N–H and O–H groups in total. The van der Waals surface area contributed by atoms with E-state index in [9.17, 15) is 14.4 Å². The second kappa shape index (κ2) is 13.9. The van der Waals surface area contributed by atoms with Gasteiger partial charge in [0.15, 0.2) is 11.5 Å². The summed E-state index contributed by atoms with van der Waals surface area (Å²) in [6.45, 7) is 6.07. The van der Waals surface area contributed by atoms with E-state index in [1.165, 1.54) is 16.9 Å². The van der Waals surface area contributed by atoms with Gasteiger partial charge in [0, 0.05) is 10.4 Å². The van der Waals surface area contributed by atoms with E-state index in [0.717, 1.165) is 48.1 Å². The molecule has 0 aliphatic heterocycles. The summed E-state index contributed by atoms with van der Waals surface area (Å²) in [5.41, 5.74) is 6.92. The van der Waals surface area contributed by atoms with Gasteiger partial charge in [-0.3, -0.25) is 9.59 Å². The standard InChI is InChI=1S/C31H35N3O6S/c1-5-39-31(37)27-23-9-7-6-8-10-26(23)41-30(27)32-28(35)29(36)34-33-20(3)22-15-16-24(25(17-22)38-4)40-18-21-13-11-19(2)12-14-21/h11-17H,5-10,18H2,1-4H3,(H,32,35)(H,34,36)/b33-20+. The van der Waals surface area contributed by atoms with Crippen molar-refractivity contribution in [3.05, 3.63) is 75.2 Å². The third-order valence-corrected chi connectivity index (χ3v) is 7.96. The van der Waals surface area contributed by atoms with E-state index < -0.39 is 17.8 Å². The third kappa shape index (κ3) is 7.52. The molecule has 2 aromatic carbocycles. The fraction of sp³-hybridized carbons (Fsp3) is 0.355. The highest BCUT2D eigenvalue weighted by Crippen LogP contribution is 2.38. The first kappa shape index (κ1) is 29.8. The Hall–Kier alpha value is -4.18. The predicted octanol–water partition coefficient (Wildman–Crippen LogP) is 5.57. The van der Waals surface area contributed by atoms with Crippen molar-refractivity contribution < 1.29 is 28.6 Å². The van der Waals surface area contributed by atoms with Crippen LogP contribution in [0.2, 0.25) is 0 Å². The molecule has 4 rings (SSSR count). The maximum atomic E-state index is 12.8. The number of carbonyl (C=O) groups is 3. The van der Waals surface area contributed by atoms with E-state index in [-0.39, 0.29) is 6.61 Å². The molecule has 41 heavy (non-hydrogen) atoms. The Morgan fingerprint density at radius 1 is 0.976 bits per heavy atom. The first-order chi connectivity index (χ1) is 19.8. The minimum absolute atomic E-state index is 0.218. The smallest absolute Gasteiger partial charge is 0.341 e. The molecule has 1 heterocycles. The van der Waals surface area contributed by atoms with Gasteiger partial charge in [0.2, 0.25) is 0 Å². The number of aryl methyl sites for hydroxylation is 2. The number of esters is 1. The molecule has 1 aromatic heterocycles. The molecule has 0 saturated heterocycles. The van der Waals surface area contributed by atoms with Crippen LogP contribution in [0.25, 0.3) is 0 Å². The van der Waals surface area contributed by atoms with Gasteiger partial charge in [-0.05, 0) is 75.8 Å². The van der Waals surface area contributed by atoms with Gasteiger partial charge in [-0.25, -0.2) is 10.2 Å². The minimum Gasteiger partial charge on any atom is -0.493 e. The monoisotopic (exact) mass is 577 g/mol. The average molecular weight is 578 g/mol. The number of anilines is 1. The van der Waals surface area contributed by atoms with Crippen molar-refractivity contribution in [2.24, 2.45) is 5.10 Å². The van der Waals surface area contributed by atoms with Gasteiger partial charge in [0.25, 0.3) is 0 Å². The number of fused-ring (bicyclic) bond motifs is 1. The van der Waals surface area contributed by atoms with Crippen LogP contribution >= 0.6 is 11.3 Å². The number of ether oxygens (including phenoxy) is 3. The fourth-order valence-electron chi connectivity index (χ4n) is 4.52. The molecule has 3 aromatic rings. The third-order valence-electron chi connectivity index (χ3n) is 6.76. The van der Waals surface area contributed by atoms with Gasteiger partial charge >= 0.3 is 17.8 Å². The van der Waals surface area contributed by atoms with Crippen LogP contribution in [0.5, 0.6) is 11.5 Å². The maximum Gasteiger partial charge on any atom is 0.341 e. The van der Waals surface area contributed by atoms with E-state index in [1.54, 1.807) is 39.2 Å². The number of thiophene rings is 1. The molecule has 2 amide bonds. The highest BCUT2D eigenvalue weighted by atomic mass is 32.1. The second-order valence-corrected chi connectivity index (χ2v) is 10.8. The van der Waals surface area contributed by atoms with Crippen LogP contribution in [-0.2, 0) is 33.8 Å². The van der Waals surface area contributed by atoms with Crippen molar-refractivity contribution in [2.75, 3.05) is 19.0 Å². The number of methoxy groups -OCH3 is 1. The van der Waals surface area contributed by atoms with Crippen molar-refractivity contribution in [3.8, 4) is 11.5 Å². The Morgan fingerprint density at radius 3 is 2.46 bits per heavy atom. The summed E-state index contributed by atoms with van der Waals surface area (Å²) < 4.78 is 16.7. The van der Waals surface area contributed by atoms with Gasteiger partial charge in [-0.1, -0.05) is 36.2 Å². The molecule has 0 radical (unpaired) electrons. The zero-order valence-corrected chi connectivity index (χ0v) is 24.6. The topological polar surface area (TPSA) is 115 Å². The van der Waals surface area contributed by atoms with Crippen LogP contribution in [0.15, 0.2) is 47.6 Å². The molecule has 0 saturated carbocycles. The van der Waals surface area contributed by atoms with Crippen LogP contribution in [0, 0.1) is 6.92 Å². The molecular weight excluding hydrogens is 542 g/mol. The number of hydrazone groups is 1. The first-order valence-electron chi connectivity index (χ1n) is 13.6. The lowest BCUT2D eigenvalue weighted by Crippen LogP contribution is -2.33. The number of nitrogens with one attached hydrogen (secondary N) is 2. The highest BCUT2D eigenvalue weighted by Gasteiger charge is 2.28. The number of rotatable bonds is 9. The summed E-state index contributed by atoms with van der Waals surface area (Å²) >= 11 is 1.33. The number of hydrogen-bond donors (Lipinski definition) is 2. The Bertz CT molecular complexity index is 1440. The molecule has 1 aliphatic rings. The zero-order valence-electron chi connectivity index (χ0n) is 23.8.